The first-order valence-electron chi connectivity index (χ1n) is 5.22. The molecule has 1 aromatic carbocycles. The second kappa shape index (κ2) is 5.32. The van der Waals surface area contributed by atoms with Gasteiger partial charge in [0.2, 0.25) is 0 Å². The van der Waals surface area contributed by atoms with Gasteiger partial charge in [-0.1, -0.05) is 23.7 Å². The van der Waals surface area contributed by atoms with Crippen molar-refractivity contribution in [3.63, 3.8) is 0 Å². The zero-order chi connectivity index (χ0) is 13.1. The minimum atomic E-state index is -0.241. The molecule has 0 spiro atoms. The molecule has 2 aromatic rings. The van der Waals surface area contributed by atoms with Gasteiger partial charge in [0.25, 0.3) is 5.91 Å². The Morgan fingerprint density at radius 3 is 2.89 bits per heavy atom. The van der Waals surface area contributed by atoms with Gasteiger partial charge in [-0.15, -0.1) is 0 Å². The molecule has 5 nitrogen and oxygen atoms in total. The predicted molar refractivity (Wildman–Crippen MR) is 71.0 cm³/mol. The molecule has 0 radical (unpaired) electrons. The first-order chi connectivity index (χ1) is 8.59. The lowest BCUT2D eigenvalue weighted by Crippen LogP contribution is -2.24. The molecule has 0 aliphatic carbocycles. The SMILES string of the molecule is Cn1c(CNC(=O)c2ccccc2Cl)n[nH]c1=S. The Balaban J connectivity index is 2.08. The molecule has 1 aromatic heterocycles. The van der Waals surface area contributed by atoms with E-state index in [2.05, 4.69) is 15.5 Å². The smallest absolute Gasteiger partial charge is 0.253 e. The summed E-state index contributed by atoms with van der Waals surface area (Å²) >= 11 is 10.9. The molecule has 1 amide bonds. The maximum absolute atomic E-state index is 11.9. The molecule has 0 aliphatic rings. The van der Waals surface area contributed by atoms with Crippen LogP contribution in [0.4, 0.5) is 0 Å². The number of halogens is 1. The van der Waals surface area contributed by atoms with Gasteiger partial charge in [-0.05, 0) is 24.4 Å². The quantitative estimate of drug-likeness (QED) is 0.847. The van der Waals surface area contributed by atoms with E-state index in [0.29, 0.717) is 21.2 Å². The summed E-state index contributed by atoms with van der Waals surface area (Å²) < 4.78 is 2.21. The number of hydrogen-bond donors (Lipinski definition) is 2. The third-order valence-electron chi connectivity index (χ3n) is 2.50. The number of benzene rings is 1. The van der Waals surface area contributed by atoms with Crippen LogP contribution in [0.5, 0.6) is 0 Å². The van der Waals surface area contributed by atoms with Crippen molar-refractivity contribution < 1.29 is 4.79 Å². The lowest BCUT2D eigenvalue weighted by atomic mass is 10.2. The lowest BCUT2D eigenvalue weighted by Gasteiger charge is -2.05. The molecule has 1 heterocycles. The van der Waals surface area contributed by atoms with Gasteiger partial charge in [-0.2, -0.15) is 5.10 Å². The Morgan fingerprint density at radius 2 is 2.28 bits per heavy atom. The van der Waals surface area contributed by atoms with Gasteiger partial charge in [-0.25, -0.2) is 0 Å². The zero-order valence-corrected chi connectivity index (χ0v) is 11.2. The number of amides is 1. The Labute approximate surface area is 114 Å². The fourth-order valence-corrected chi connectivity index (χ4v) is 1.81. The van der Waals surface area contributed by atoms with Crippen molar-refractivity contribution in [1.82, 2.24) is 20.1 Å². The van der Waals surface area contributed by atoms with Crippen molar-refractivity contribution >= 4 is 29.7 Å². The van der Waals surface area contributed by atoms with Gasteiger partial charge in [0, 0.05) is 7.05 Å². The van der Waals surface area contributed by atoms with E-state index in [1.165, 1.54) is 0 Å². The summed E-state index contributed by atoms with van der Waals surface area (Å²) in [5.74, 6) is 0.412. The second-order valence-corrected chi connectivity index (χ2v) is 4.46. The molecule has 0 bridgehead atoms. The average Bonchev–Trinajstić information content (AvgIpc) is 2.68. The maximum Gasteiger partial charge on any atom is 0.253 e. The maximum atomic E-state index is 11.9. The van der Waals surface area contributed by atoms with Crippen LogP contribution in [-0.4, -0.2) is 20.7 Å². The number of nitrogens with zero attached hydrogens (tertiary/aromatic N) is 2. The zero-order valence-electron chi connectivity index (χ0n) is 9.61. The Kier molecular flexibility index (Phi) is 3.78. The summed E-state index contributed by atoms with van der Waals surface area (Å²) in [5, 5.41) is 9.81. The molecular weight excluding hydrogens is 272 g/mol. The number of H-pyrrole nitrogens is 1. The van der Waals surface area contributed by atoms with Crippen LogP contribution in [-0.2, 0) is 13.6 Å². The Morgan fingerprint density at radius 1 is 1.56 bits per heavy atom. The van der Waals surface area contributed by atoms with Crippen molar-refractivity contribution in [2.45, 2.75) is 6.54 Å². The van der Waals surface area contributed by atoms with Crippen molar-refractivity contribution in [3.05, 3.63) is 45.4 Å². The predicted octanol–water partition coefficient (Wildman–Crippen LogP) is 2.06. The highest BCUT2D eigenvalue weighted by Gasteiger charge is 2.10. The molecule has 2 N–H and O–H groups in total. The van der Waals surface area contributed by atoms with Crippen molar-refractivity contribution in [2.24, 2.45) is 7.05 Å². The third kappa shape index (κ3) is 2.60. The Bertz CT molecular complexity index is 634. The minimum absolute atomic E-state index is 0.241. The van der Waals surface area contributed by atoms with Crippen LogP contribution in [0, 0.1) is 4.77 Å². The fourth-order valence-electron chi connectivity index (χ4n) is 1.44. The summed E-state index contributed by atoms with van der Waals surface area (Å²) in [6, 6.07) is 6.88. The monoisotopic (exact) mass is 282 g/mol. The van der Waals surface area contributed by atoms with E-state index in [1.54, 1.807) is 35.9 Å². The summed E-state index contributed by atoms with van der Waals surface area (Å²) in [6.45, 7) is 0.285. The van der Waals surface area contributed by atoms with Gasteiger partial charge < -0.3 is 9.88 Å². The normalized spacial score (nSPS) is 10.3. The highest BCUT2D eigenvalue weighted by molar-refractivity contribution is 7.71. The van der Waals surface area contributed by atoms with E-state index >= 15 is 0 Å². The molecule has 2 rings (SSSR count). The molecule has 94 valence electrons. The highest BCUT2D eigenvalue weighted by Crippen LogP contribution is 2.14. The number of carbonyl (C=O) groups is 1. The van der Waals surface area contributed by atoms with Gasteiger partial charge in [-0.3, -0.25) is 9.89 Å². The van der Waals surface area contributed by atoms with E-state index in [4.69, 9.17) is 23.8 Å². The molecule has 7 heteroatoms. The van der Waals surface area contributed by atoms with E-state index in [0.717, 1.165) is 0 Å². The number of aromatic nitrogens is 3. The van der Waals surface area contributed by atoms with Gasteiger partial charge in [0.15, 0.2) is 10.6 Å². The van der Waals surface area contributed by atoms with Crippen LogP contribution in [0.3, 0.4) is 0 Å². The van der Waals surface area contributed by atoms with Crippen LogP contribution in [0.25, 0.3) is 0 Å². The summed E-state index contributed by atoms with van der Waals surface area (Å²) in [4.78, 5) is 11.9. The number of nitrogens with one attached hydrogen (secondary N) is 2. The van der Waals surface area contributed by atoms with E-state index in [9.17, 15) is 4.79 Å². The number of carbonyl (C=O) groups excluding carboxylic acids is 1. The summed E-state index contributed by atoms with van der Waals surface area (Å²) in [6.07, 6.45) is 0. The van der Waals surface area contributed by atoms with Crippen LogP contribution >= 0.6 is 23.8 Å². The molecule has 0 saturated heterocycles. The van der Waals surface area contributed by atoms with Crippen LogP contribution < -0.4 is 5.32 Å². The van der Waals surface area contributed by atoms with E-state index in [1.807, 2.05) is 0 Å². The number of hydrogen-bond acceptors (Lipinski definition) is 3. The van der Waals surface area contributed by atoms with Crippen LogP contribution in [0.1, 0.15) is 16.2 Å². The van der Waals surface area contributed by atoms with Gasteiger partial charge >= 0.3 is 0 Å². The molecule has 0 aliphatic heterocycles. The summed E-state index contributed by atoms with van der Waals surface area (Å²) in [7, 11) is 1.78. The highest BCUT2D eigenvalue weighted by atomic mass is 35.5. The Hall–Kier alpha value is -1.66. The van der Waals surface area contributed by atoms with Crippen LogP contribution in [0.15, 0.2) is 24.3 Å². The number of aromatic amines is 1. The van der Waals surface area contributed by atoms with E-state index < -0.39 is 0 Å². The average molecular weight is 283 g/mol. The second-order valence-electron chi connectivity index (χ2n) is 3.67. The standard InChI is InChI=1S/C11H11ClN4OS/c1-16-9(14-15-11(16)18)6-13-10(17)7-4-2-3-5-8(7)12/h2-5H,6H2,1H3,(H,13,17)(H,15,18). The van der Waals surface area contributed by atoms with Crippen molar-refractivity contribution in [2.75, 3.05) is 0 Å². The topological polar surface area (TPSA) is 62.7 Å². The summed E-state index contributed by atoms with van der Waals surface area (Å²) in [5.41, 5.74) is 0.441. The van der Waals surface area contributed by atoms with Gasteiger partial charge in [0.1, 0.15) is 0 Å². The van der Waals surface area contributed by atoms with Crippen molar-refractivity contribution in [1.29, 1.82) is 0 Å². The first-order valence-corrected chi connectivity index (χ1v) is 6.01. The molecular formula is C11H11ClN4OS. The number of rotatable bonds is 3. The first kappa shape index (κ1) is 12.8. The fraction of sp³-hybridized carbons (Fsp3) is 0.182. The lowest BCUT2D eigenvalue weighted by molar-refractivity contribution is 0.0949. The van der Waals surface area contributed by atoms with Gasteiger partial charge in [0.05, 0.1) is 17.1 Å². The van der Waals surface area contributed by atoms with E-state index in [-0.39, 0.29) is 12.5 Å². The molecule has 0 atom stereocenters. The van der Waals surface area contributed by atoms with Crippen LogP contribution in [0.2, 0.25) is 5.02 Å². The molecule has 0 unspecified atom stereocenters. The molecule has 0 saturated carbocycles. The minimum Gasteiger partial charge on any atom is -0.345 e. The third-order valence-corrected chi connectivity index (χ3v) is 3.19. The van der Waals surface area contributed by atoms with Crippen molar-refractivity contribution in [3.8, 4) is 0 Å². The molecule has 0 fully saturated rings. The molecule has 18 heavy (non-hydrogen) atoms. The largest absolute Gasteiger partial charge is 0.345 e.